The lowest BCUT2D eigenvalue weighted by molar-refractivity contribution is 0.309. The second kappa shape index (κ2) is 5.47. The van der Waals surface area contributed by atoms with Crippen LogP contribution in [-0.2, 0) is 6.42 Å². The SMILES string of the molecule is CN(CCNC1CCCc2c1[nH]c1ccccc21)C1CC1. The van der Waals surface area contributed by atoms with Crippen LogP contribution in [0.5, 0.6) is 0 Å². The number of likely N-dealkylation sites (N-methyl/N-ethyl adjacent to an activating group) is 1. The molecule has 0 bridgehead atoms. The third kappa shape index (κ3) is 2.60. The highest BCUT2D eigenvalue weighted by atomic mass is 15.2. The molecule has 1 saturated carbocycles. The number of nitrogens with zero attached hydrogens (tertiary/aromatic N) is 1. The summed E-state index contributed by atoms with van der Waals surface area (Å²) in [5, 5.41) is 5.20. The van der Waals surface area contributed by atoms with Gasteiger partial charge >= 0.3 is 0 Å². The molecule has 2 aliphatic carbocycles. The minimum absolute atomic E-state index is 0.508. The quantitative estimate of drug-likeness (QED) is 0.882. The first-order valence-electron chi connectivity index (χ1n) is 8.36. The molecule has 0 aliphatic heterocycles. The van der Waals surface area contributed by atoms with Gasteiger partial charge in [0.05, 0.1) is 0 Å². The monoisotopic (exact) mass is 283 g/mol. The predicted molar refractivity (Wildman–Crippen MR) is 87.6 cm³/mol. The Hall–Kier alpha value is -1.32. The van der Waals surface area contributed by atoms with Crippen molar-refractivity contribution in [2.24, 2.45) is 0 Å². The van der Waals surface area contributed by atoms with E-state index in [-0.39, 0.29) is 0 Å². The molecule has 1 atom stereocenters. The van der Waals surface area contributed by atoms with Gasteiger partial charge in [-0.1, -0.05) is 18.2 Å². The van der Waals surface area contributed by atoms with Gasteiger partial charge in [-0.15, -0.1) is 0 Å². The van der Waals surface area contributed by atoms with Crippen LogP contribution in [-0.4, -0.2) is 36.1 Å². The van der Waals surface area contributed by atoms with Crippen molar-refractivity contribution in [2.45, 2.75) is 44.2 Å². The zero-order valence-electron chi connectivity index (χ0n) is 12.9. The first-order chi connectivity index (χ1) is 10.3. The molecule has 1 fully saturated rings. The van der Waals surface area contributed by atoms with Crippen molar-refractivity contribution in [3.05, 3.63) is 35.5 Å². The highest BCUT2D eigenvalue weighted by Gasteiger charge is 2.27. The van der Waals surface area contributed by atoms with Crippen LogP contribution in [0.15, 0.2) is 24.3 Å². The highest BCUT2D eigenvalue weighted by molar-refractivity contribution is 5.85. The van der Waals surface area contributed by atoms with Gasteiger partial charge in [-0.05, 0) is 50.8 Å². The molecule has 1 unspecified atom stereocenters. The smallest absolute Gasteiger partial charge is 0.0476 e. The van der Waals surface area contributed by atoms with E-state index in [1.807, 2.05) is 0 Å². The van der Waals surface area contributed by atoms with E-state index in [9.17, 15) is 0 Å². The molecule has 0 spiro atoms. The third-order valence-electron chi connectivity index (χ3n) is 5.14. The Bertz CT molecular complexity index is 626. The Kier molecular flexibility index (Phi) is 3.48. The van der Waals surface area contributed by atoms with Crippen LogP contribution in [0.2, 0.25) is 0 Å². The molecule has 0 saturated heterocycles. The van der Waals surface area contributed by atoms with Crippen molar-refractivity contribution in [1.29, 1.82) is 0 Å². The number of nitrogens with one attached hydrogen (secondary N) is 2. The maximum absolute atomic E-state index is 3.78. The molecule has 3 heteroatoms. The van der Waals surface area contributed by atoms with E-state index in [0.29, 0.717) is 6.04 Å². The lowest BCUT2D eigenvalue weighted by atomic mass is 9.92. The van der Waals surface area contributed by atoms with Gasteiger partial charge in [0.1, 0.15) is 0 Å². The van der Waals surface area contributed by atoms with E-state index < -0.39 is 0 Å². The Morgan fingerprint density at radius 2 is 2.10 bits per heavy atom. The second-order valence-corrected chi connectivity index (χ2v) is 6.67. The van der Waals surface area contributed by atoms with Gasteiger partial charge in [0, 0.05) is 41.8 Å². The fraction of sp³-hybridized carbons (Fsp3) is 0.556. The number of hydrogen-bond acceptors (Lipinski definition) is 2. The number of fused-ring (bicyclic) bond motifs is 3. The summed E-state index contributed by atoms with van der Waals surface area (Å²) in [6, 6.07) is 10.1. The molecule has 21 heavy (non-hydrogen) atoms. The fourth-order valence-corrected chi connectivity index (χ4v) is 3.73. The number of aryl methyl sites for hydroxylation is 1. The van der Waals surface area contributed by atoms with E-state index >= 15 is 0 Å². The molecule has 3 nitrogen and oxygen atoms in total. The average molecular weight is 283 g/mol. The van der Waals surface area contributed by atoms with Crippen LogP contribution in [0.25, 0.3) is 10.9 Å². The largest absolute Gasteiger partial charge is 0.357 e. The Morgan fingerprint density at radius 3 is 2.95 bits per heavy atom. The zero-order valence-corrected chi connectivity index (χ0v) is 12.9. The van der Waals surface area contributed by atoms with Gasteiger partial charge in [-0.2, -0.15) is 0 Å². The summed E-state index contributed by atoms with van der Waals surface area (Å²) in [4.78, 5) is 6.17. The zero-order chi connectivity index (χ0) is 14.2. The molecular formula is C18H25N3. The molecular weight excluding hydrogens is 258 g/mol. The number of hydrogen-bond donors (Lipinski definition) is 2. The number of para-hydroxylation sites is 1. The standard InChI is InChI=1S/C18H25N3/c1-21(13-9-10-13)12-11-19-17-8-4-6-15-14-5-2-3-7-16(14)20-18(15)17/h2-3,5,7,13,17,19-20H,4,6,8-12H2,1H3. The maximum atomic E-state index is 3.78. The molecule has 2 aromatic rings. The summed E-state index contributed by atoms with van der Waals surface area (Å²) in [6.07, 6.45) is 6.57. The van der Waals surface area contributed by atoms with Crippen molar-refractivity contribution < 1.29 is 0 Å². The second-order valence-electron chi connectivity index (χ2n) is 6.67. The molecule has 1 heterocycles. The van der Waals surface area contributed by atoms with E-state index in [0.717, 1.165) is 19.1 Å². The highest BCUT2D eigenvalue weighted by Crippen LogP contribution is 2.34. The molecule has 1 aromatic heterocycles. The van der Waals surface area contributed by atoms with Crippen LogP contribution in [0.3, 0.4) is 0 Å². The fourth-order valence-electron chi connectivity index (χ4n) is 3.73. The third-order valence-corrected chi connectivity index (χ3v) is 5.14. The van der Waals surface area contributed by atoms with Gasteiger partial charge < -0.3 is 15.2 Å². The average Bonchev–Trinajstić information content (AvgIpc) is 3.28. The number of aromatic amines is 1. The van der Waals surface area contributed by atoms with Crippen molar-refractivity contribution in [3.63, 3.8) is 0 Å². The Labute approximate surface area is 126 Å². The minimum Gasteiger partial charge on any atom is -0.357 e. The van der Waals surface area contributed by atoms with Crippen molar-refractivity contribution >= 4 is 10.9 Å². The topological polar surface area (TPSA) is 31.1 Å². The van der Waals surface area contributed by atoms with Crippen molar-refractivity contribution in [3.8, 4) is 0 Å². The number of H-pyrrole nitrogens is 1. The van der Waals surface area contributed by atoms with Crippen LogP contribution in [0, 0.1) is 0 Å². The number of aromatic nitrogens is 1. The van der Waals surface area contributed by atoms with Gasteiger partial charge in [0.2, 0.25) is 0 Å². The molecule has 1 aromatic carbocycles. The van der Waals surface area contributed by atoms with Crippen molar-refractivity contribution in [2.75, 3.05) is 20.1 Å². The van der Waals surface area contributed by atoms with Crippen LogP contribution in [0.1, 0.15) is 43.0 Å². The van der Waals surface area contributed by atoms with Gasteiger partial charge in [-0.3, -0.25) is 0 Å². The normalized spacial score (nSPS) is 21.9. The predicted octanol–water partition coefficient (Wildman–Crippen LogP) is 3.23. The van der Waals surface area contributed by atoms with E-state index in [1.54, 1.807) is 5.56 Å². The molecule has 2 N–H and O–H groups in total. The Balaban J connectivity index is 1.47. The molecule has 0 radical (unpaired) electrons. The first-order valence-corrected chi connectivity index (χ1v) is 8.36. The summed E-state index contributed by atoms with van der Waals surface area (Å²) in [6.45, 7) is 2.25. The molecule has 4 rings (SSSR count). The van der Waals surface area contributed by atoms with E-state index in [2.05, 4.69) is 46.5 Å². The molecule has 2 aliphatic rings. The van der Waals surface area contributed by atoms with Gasteiger partial charge in [0.25, 0.3) is 0 Å². The maximum Gasteiger partial charge on any atom is 0.0476 e. The van der Waals surface area contributed by atoms with E-state index in [1.165, 1.54) is 48.7 Å². The lowest BCUT2D eigenvalue weighted by Gasteiger charge is -2.25. The summed E-state index contributed by atoms with van der Waals surface area (Å²) in [5.41, 5.74) is 4.28. The van der Waals surface area contributed by atoms with Crippen LogP contribution in [0.4, 0.5) is 0 Å². The first kappa shape index (κ1) is 13.4. The molecule has 112 valence electrons. The summed E-state index contributed by atoms with van der Waals surface area (Å²) in [5.74, 6) is 0. The minimum atomic E-state index is 0.508. The van der Waals surface area contributed by atoms with Gasteiger partial charge in [-0.25, -0.2) is 0 Å². The Morgan fingerprint density at radius 1 is 1.24 bits per heavy atom. The van der Waals surface area contributed by atoms with Crippen LogP contribution < -0.4 is 5.32 Å². The molecule has 0 amide bonds. The van der Waals surface area contributed by atoms with Crippen LogP contribution >= 0.6 is 0 Å². The van der Waals surface area contributed by atoms with Gasteiger partial charge in [0.15, 0.2) is 0 Å². The lowest BCUT2D eigenvalue weighted by Crippen LogP contribution is -2.34. The van der Waals surface area contributed by atoms with Crippen molar-refractivity contribution in [1.82, 2.24) is 15.2 Å². The summed E-state index contributed by atoms with van der Waals surface area (Å²) >= 11 is 0. The summed E-state index contributed by atoms with van der Waals surface area (Å²) < 4.78 is 0. The number of benzene rings is 1. The summed E-state index contributed by atoms with van der Waals surface area (Å²) in [7, 11) is 2.26. The number of rotatable bonds is 5. The van der Waals surface area contributed by atoms with E-state index in [4.69, 9.17) is 0 Å².